The normalized spacial score (nSPS) is 18.2. The Bertz CT molecular complexity index is 534. The van der Waals surface area contributed by atoms with E-state index in [9.17, 15) is 0 Å². The average molecular weight is 224 g/mol. The van der Waals surface area contributed by atoms with E-state index < -0.39 is 0 Å². The summed E-state index contributed by atoms with van der Waals surface area (Å²) in [4.78, 5) is 6.74. The van der Waals surface area contributed by atoms with Crippen molar-refractivity contribution in [3.8, 4) is 11.1 Å². The van der Waals surface area contributed by atoms with Gasteiger partial charge in [-0.05, 0) is 24.5 Å². The maximum Gasteiger partial charge on any atom is 0.0510 e. The summed E-state index contributed by atoms with van der Waals surface area (Å²) >= 11 is 0. The van der Waals surface area contributed by atoms with Gasteiger partial charge in [0.25, 0.3) is 0 Å². The van der Waals surface area contributed by atoms with Gasteiger partial charge in [0.05, 0.1) is 5.69 Å². The van der Waals surface area contributed by atoms with Gasteiger partial charge in [-0.1, -0.05) is 30.3 Å². The minimum absolute atomic E-state index is 0.566. The summed E-state index contributed by atoms with van der Waals surface area (Å²) in [6, 6.07) is 11.1. The van der Waals surface area contributed by atoms with Crippen LogP contribution in [0.3, 0.4) is 0 Å². The number of hydrogen-bond acceptors (Lipinski definition) is 2. The fraction of sp³-hybridized carbons (Fsp3) is 0.267. The van der Waals surface area contributed by atoms with E-state index in [0.717, 1.165) is 6.42 Å². The summed E-state index contributed by atoms with van der Waals surface area (Å²) < 4.78 is 0. The number of aromatic nitrogens is 1. The summed E-state index contributed by atoms with van der Waals surface area (Å²) in [6.45, 7) is 2.26. The number of fused-ring (bicyclic) bond motifs is 1. The van der Waals surface area contributed by atoms with E-state index >= 15 is 0 Å². The van der Waals surface area contributed by atoms with Gasteiger partial charge < -0.3 is 4.90 Å². The second-order valence-electron chi connectivity index (χ2n) is 4.72. The van der Waals surface area contributed by atoms with E-state index in [1.54, 1.807) is 0 Å². The van der Waals surface area contributed by atoms with Crippen LogP contribution < -0.4 is 4.90 Å². The molecule has 0 spiro atoms. The van der Waals surface area contributed by atoms with Gasteiger partial charge in [-0.25, -0.2) is 0 Å². The molecule has 2 heterocycles. The zero-order valence-corrected chi connectivity index (χ0v) is 10.2. The highest BCUT2D eigenvalue weighted by Gasteiger charge is 2.25. The molecule has 0 radical (unpaired) electrons. The summed E-state index contributed by atoms with van der Waals surface area (Å²) in [7, 11) is 2.17. The Hall–Kier alpha value is -1.83. The van der Waals surface area contributed by atoms with Gasteiger partial charge in [0.2, 0.25) is 0 Å². The molecule has 1 aromatic carbocycles. The van der Waals surface area contributed by atoms with Gasteiger partial charge in [0.1, 0.15) is 0 Å². The van der Waals surface area contributed by atoms with Gasteiger partial charge in [-0.3, -0.25) is 4.98 Å². The fourth-order valence-electron chi connectivity index (χ4n) is 2.57. The first-order chi connectivity index (χ1) is 8.27. The third kappa shape index (κ3) is 1.60. The molecule has 2 heteroatoms. The van der Waals surface area contributed by atoms with Crippen LogP contribution in [-0.4, -0.2) is 18.1 Å². The van der Waals surface area contributed by atoms with E-state index in [1.165, 1.54) is 22.4 Å². The quantitative estimate of drug-likeness (QED) is 0.739. The summed E-state index contributed by atoms with van der Waals surface area (Å²) in [5.41, 5.74) is 5.20. The predicted molar refractivity (Wildman–Crippen MR) is 71.2 cm³/mol. The number of benzene rings is 1. The molecule has 1 unspecified atom stereocenters. The zero-order chi connectivity index (χ0) is 11.8. The van der Waals surface area contributed by atoms with Crippen molar-refractivity contribution >= 4 is 5.69 Å². The molecule has 1 aromatic heterocycles. The number of hydrogen-bond donors (Lipinski definition) is 0. The molecule has 2 nitrogen and oxygen atoms in total. The molecule has 17 heavy (non-hydrogen) atoms. The molecule has 0 saturated carbocycles. The first-order valence-electron chi connectivity index (χ1n) is 6.02. The summed E-state index contributed by atoms with van der Waals surface area (Å²) in [5, 5.41) is 0. The lowest BCUT2D eigenvalue weighted by Gasteiger charge is -2.21. The van der Waals surface area contributed by atoms with Crippen molar-refractivity contribution < 1.29 is 0 Å². The maximum absolute atomic E-state index is 4.37. The van der Waals surface area contributed by atoms with E-state index in [-0.39, 0.29) is 0 Å². The molecule has 0 bridgehead atoms. The van der Waals surface area contributed by atoms with Gasteiger partial charge in [0, 0.05) is 31.0 Å². The van der Waals surface area contributed by atoms with Crippen LogP contribution in [0.25, 0.3) is 11.1 Å². The number of nitrogens with zero attached hydrogens (tertiary/aromatic N) is 2. The lowest BCUT2D eigenvalue weighted by molar-refractivity contribution is 0.732. The third-order valence-corrected chi connectivity index (χ3v) is 3.61. The largest absolute Gasteiger partial charge is 0.371 e. The van der Waals surface area contributed by atoms with Crippen LogP contribution in [-0.2, 0) is 6.42 Å². The molecule has 0 fully saturated rings. The van der Waals surface area contributed by atoms with Crippen LogP contribution in [0.2, 0.25) is 0 Å². The topological polar surface area (TPSA) is 16.1 Å². The van der Waals surface area contributed by atoms with Crippen molar-refractivity contribution in [1.82, 2.24) is 4.98 Å². The molecule has 0 amide bonds. The van der Waals surface area contributed by atoms with Gasteiger partial charge in [0.15, 0.2) is 0 Å². The Morgan fingerprint density at radius 3 is 2.71 bits per heavy atom. The number of anilines is 1. The van der Waals surface area contributed by atoms with Crippen LogP contribution in [0, 0.1) is 0 Å². The van der Waals surface area contributed by atoms with Gasteiger partial charge in [-0.2, -0.15) is 0 Å². The predicted octanol–water partition coefficient (Wildman–Crippen LogP) is 3.13. The summed E-state index contributed by atoms with van der Waals surface area (Å²) in [5.74, 6) is 0. The summed E-state index contributed by atoms with van der Waals surface area (Å²) in [6.07, 6.45) is 5.07. The van der Waals surface area contributed by atoms with E-state index in [4.69, 9.17) is 0 Å². The number of pyridine rings is 1. The minimum Gasteiger partial charge on any atom is -0.371 e. The Labute approximate surface area is 102 Å². The van der Waals surface area contributed by atoms with Crippen LogP contribution in [0.15, 0.2) is 42.7 Å². The molecule has 1 atom stereocenters. The van der Waals surface area contributed by atoms with Crippen LogP contribution in [0.4, 0.5) is 5.69 Å². The fourth-order valence-corrected chi connectivity index (χ4v) is 2.57. The Morgan fingerprint density at radius 1 is 1.18 bits per heavy atom. The van der Waals surface area contributed by atoms with Crippen molar-refractivity contribution in [1.29, 1.82) is 0 Å². The first-order valence-corrected chi connectivity index (χ1v) is 6.02. The van der Waals surface area contributed by atoms with Crippen molar-refractivity contribution in [3.63, 3.8) is 0 Å². The molecule has 2 aromatic rings. The molecular weight excluding hydrogens is 208 g/mol. The Morgan fingerprint density at radius 2 is 1.94 bits per heavy atom. The van der Waals surface area contributed by atoms with Gasteiger partial charge >= 0.3 is 0 Å². The highest BCUT2D eigenvalue weighted by Crippen LogP contribution is 2.38. The molecule has 1 aliphatic rings. The highest BCUT2D eigenvalue weighted by molar-refractivity contribution is 5.81. The SMILES string of the molecule is CC1Cc2cncc(-c3ccccc3)c2N1C. The molecular formula is C15H16N2. The number of likely N-dealkylation sites (N-methyl/N-ethyl adjacent to an activating group) is 1. The van der Waals surface area contributed by atoms with Crippen molar-refractivity contribution in [2.75, 3.05) is 11.9 Å². The average Bonchev–Trinajstić information content (AvgIpc) is 2.66. The monoisotopic (exact) mass is 224 g/mol. The van der Waals surface area contributed by atoms with Crippen LogP contribution >= 0.6 is 0 Å². The minimum atomic E-state index is 0.566. The van der Waals surface area contributed by atoms with Gasteiger partial charge in [-0.15, -0.1) is 0 Å². The number of rotatable bonds is 1. The highest BCUT2D eigenvalue weighted by atomic mass is 15.2. The van der Waals surface area contributed by atoms with Crippen molar-refractivity contribution in [2.24, 2.45) is 0 Å². The van der Waals surface area contributed by atoms with Crippen LogP contribution in [0.5, 0.6) is 0 Å². The lowest BCUT2D eigenvalue weighted by atomic mass is 10.0. The zero-order valence-electron chi connectivity index (χ0n) is 10.2. The standard InChI is InChI=1S/C15H16N2/c1-11-8-13-9-16-10-14(15(13)17(11)2)12-6-4-3-5-7-12/h3-7,9-11H,8H2,1-2H3. The van der Waals surface area contributed by atoms with E-state index in [0.29, 0.717) is 6.04 Å². The Kier molecular flexibility index (Phi) is 2.36. The van der Waals surface area contributed by atoms with Crippen molar-refractivity contribution in [3.05, 3.63) is 48.3 Å². The first kappa shape index (κ1) is 10.3. The second-order valence-corrected chi connectivity index (χ2v) is 4.72. The van der Waals surface area contributed by atoms with Crippen LogP contribution in [0.1, 0.15) is 12.5 Å². The Balaban J connectivity index is 2.18. The molecule has 0 N–H and O–H groups in total. The molecule has 0 aliphatic carbocycles. The second kappa shape index (κ2) is 3.88. The molecule has 1 aliphatic heterocycles. The van der Waals surface area contributed by atoms with E-state index in [2.05, 4.69) is 48.1 Å². The molecule has 3 rings (SSSR count). The smallest absolute Gasteiger partial charge is 0.0510 e. The molecule has 86 valence electrons. The molecule has 0 saturated heterocycles. The van der Waals surface area contributed by atoms with E-state index in [1.807, 2.05) is 18.5 Å². The third-order valence-electron chi connectivity index (χ3n) is 3.61. The van der Waals surface area contributed by atoms with Crippen molar-refractivity contribution in [2.45, 2.75) is 19.4 Å². The maximum atomic E-state index is 4.37. The lowest BCUT2D eigenvalue weighted by Crippen LogP contribution is -2.24.